The standard InChI is InChI=1S/C14H16N2O/c15-14(17)10-16-8-7-11-5-6-12-3-1-2-4-13(12)9-11/h1-6,9,16H,7-8,10H2,(H2,15,17). The number of fused-ring (bicyclic) bond motifs is 1. The molecular formula is C14H16N2O. The summed E-state index contributed by atoms with van der Waals surface area (Å²) in [5.41, 5.74) is 6.31. The minimum atomic E-state index is -0.316. The first kappa shape index (κ1) is 11.6. The molecule has 3 heteroatoms. The zero-order valence-corrected chi connectivity index (χ0v) is 9.65. The third-order valence-electron chi connectivity index (χ3n) is 2.70. The predicted octanol–water partition coefficient (Wildman–Crippen LogP) is 1.46. The number of amides is 1. The Morgan fingerprint density at radius 1 is 1.12 bits per heavy atom. The average Bonchev–Trinajstić information content (AvgIpc) is 2.34. The van der Waals surface area contributed by atoms with Crippen LogP contribution in [0.15, 0.2) is 42.5 Å². The van der Waals surface area contributed by atoms with Crippen LogP contribution >= 0.6 is 0 Å². The summed E-state index contributed by atoms with van der Waals surface area (Å²) in [6.45, 7) is 1.01. The molecule has 0 saturated heterocycles. The van der Waals surface area contributed by atoms with Gasteiger partial charge in [-0.15, -0.1) is 0 Å². The quantitative estimate of drug-likeness (QED) is 0.761. The predicted molar refractivity (Wildman–Crippen MR) is 69.7 cm³/mol. The number of hydrogen-bond donors (Lipinski definition) is 2. The molecule has 2 aromatic rings. The maximum Gasteiger partial charge on any atom is 0.231 e. The third kappa shape index (κ3) is 3.29. The summed E-state index contributed by atoms with van der Waals surface area (Å²) in [7, 11) is 0. The summed E-state index contributed by atoms with van der Waals surface area (Å²) in [6.07, 6.45) is 0.901. The number of nitrogens with one attached hydrogen (secondary N) is 1. The van der Waals surface area contributed by atoms with E-state index in [-0.39, 0.29) is 12.5 Å². The Labute approximate surface area is 101 Å². The highest BCUT2D eigenvalue weighted by atomic mass is 16.1. The van der Waals surface area contributed by atoms with Gasteiger partial charge >= 0.3 is 0 Å². The second-order valence-corrected chi connectivity index (χ2v) is 4.07. The second kappa shape index (κ2) is 5.46. The molecule has 0 radical (unpaired) electrons. The summed E-state index contributed by atoms with van der Waals surface area (Å²) in [6, 6.07) is 14.7. The van der Waals surface area contributed by atoms with Crippen LogP contribution in [0.2, 0.25) is 0 Å². The van der Waals surface area contributed by atoms with Crippen molar-refractivity contribution in [1.29, 1.82) is 0 Å². The highest BCUT2D eigenvalue weighted by molar-refractivity contribution is 5.83. The summed E-state index contributed by atoms with van der Waals surface area (Å²) in [5.74, 6) is -0.316. The van der Waals surface area contributed by atoms with Crippen molar-refractivity contribution in [3.63, 3.8) is 0 Å². The number of benzene rings is 2. The lowest BCUT2D eigenvalue weighted by atomic mass is 10.1. The van der Waals surface area contributed by atoms with Crippen molar-refractivity contribution in [2.45, 2.75) is 6.42 Å². The van der Waals surface area contributed by atoms with Gasteiger partial charge in [0.15, 0.2) is 0 Å². The molecule has 2 rings (SSSR count). The first-order valence-corrected chi connectivity index (χ1v) is 5.72. The number of carbonyl (C=O) groups is 1. The van der Waals surface area contributed by atoms with Crippen molar-refractivity contribution in [3.8, 4) is 0 Å². The van der Waals surface area contributed by atoms with E-state index in [1.807, 2.05) is 12.1 Å². The maximum absolute atomic E-state index is 10.5. The first-order chi connectivity index (χ1) is 8.25. The Kier molecular flexibility index (Phi) is 3.73. The minimum Gasteiger partial charge on any atom is -0.369 e. The van der Waals surface area contributed by atoms with Crippen LogP contribution in [0.3, 0.4) is 0 Å². The summed E-state index contributed by atoms with van der Waals surface area (Å²) in [5, 5.41) is 5.51. The van der Waals surface area contributed by atoms with Gasteiger partial charge in [0.25, 0.3) is 0 Å². The molecule has 0 atom stereocenters. The smallest absolute Gasteiger partial charge is 0.231 e. The fraction of sp³-hybridized carbons (Fsp3) is 0.214. The van der Waals surface area contributed by atoms with Gasteiger partial charge in [-0.2, -0.15) is 0 Å². The zero-order valence-electron chi connectivity index (χ0n) is 9.65. The molecule has 0 aliphatic heterocycles. The van der Waals surface area contributed by atoms with Gasteiger partial charge in [0, 0.05) is 0 Å². The van der Waals surface area contributed by atoms with Gasteiger partial charge in [0.1, 0.15) is 0 Å². The van der Waals surface area contributed by atoms with Crippen molar-refractivity contribution in [2.24, 2.45) is 5.73 Å². The van der Waals surface area contributed by atoms with Gasteiger partial charge in [-0.05, 0) is 29.3 Å². The molecule has 3 N–H and O–H groups in total. The molecule has 0 aliphatic rings. The molecule has 17 heavy (non-hydrogen) atoms. The van der Waals surface area contributed by atoms with E-state index in [1.165, 1.54) is 16.3 Å². The van der Waals surface area contributed by atoms with Crippen molar-refractivity contribution in [3.05, 3.63) is 48.0 Å². The van der Waals surface area contributed by atoms with Crippen LogP contribution in [0.5, 0.6) is 0 Å². The lowest BCUT2D eigenvalue weighted by Gasteiger charge is -2.04. The van der Waals surface area contributed by atoms with Crippen LogP contribution in [0.1, 0.15) is 5.56 Å². The van der Waals surface area contributed by atoms with Gasteiger partial charge < -0.3 is 11.1 Å². The molecule has 2 aromatic carbocycles. The van der Waals surface area contributed by atoms with E-state index in [1.54, 1.807) is 0 Å². The maximum atomic E-state index is 10.5. The first-order valence-electron chi connectivity index (χ1n) is 5.72. The lowest BCUT2D eigenvalue weighted by molar-refractivity contribution is -0.117. The van der Waals surface area contributed by atoms with E-state index in [9.17, 15) is 4.79 Å². The highest BCUT2D eigenvalue weighted by Gasteiger charge is 1.97. The fourth-order valence-electron chi connectivity index (χ4n) is 1.84. The molecule has 88 valence electrons. The molecule has 0 fully saturated rings. The highest BCUT2D eigenvalue weighted by Crippen LogP contribution is 2.15. The van der Waals surface area contributed by atoms with Crippen LogP contribution in [0, 0.1) is 0 Å². The van der Waals surface area contributed by atoms with E-state index < -0.39 is 0 Å². The van der Waals surface area contributed by atoms with E-state index in [4.69, 9.17) is 5.73 Å². The number of nitrogens with two attached hydrogens (primary N) is 1. The Bertz CT molecular complexity index is 522. The second-order valence-electron chi connectivity index (χ2n) is 4.07. The molecule has 0 saturated carbocycles. The zero-order chi connectivity index (χ0) is 12.1. The summed E-state index contributed by atoms with van der Waals surface area (Å²) in [4.78, 5) is 10.5. The van der Waals surface area contributed by atoms with E-state index >= 15 is 0 Å². The largest absolute Gasteiger partial charge is 0.369 e. The van der Waals surface area contributed by atoms with Crippen molar-refractivity contribution in [1.82, 2.24) is 5.32 Å². The van der Waals surface area contributed by atoms with Gasteiger partial charge in [0.05, 0.1) is 6.54 Å². The summed E-state index contributed by atoms with van der Waals surface area (Å²) >= 11 is 0. The van der Waals surface area contributed by atoms with Crippen molar-refractivity contribution < 1.29 is 4.79 Å². The Hall–Kier alpha value is -1.87. The van der Waals surface area contributed by atoms with Crippen LogP contribution in [0.25, 0.3) is 10.8 Å². The SMILES string of the molecule is NC(=O)CNCCc1ccc2ccccc2c1. The molecule has 0 aliphatic carbocycles. The molecule has 0 spiro atoms. The Balaban J connectivity index is 1.97. The van der Waals surface area contributed by atoms with Gasteiger partial charge in [-0.1, -0.05) is 42.5 Å². The van der Waals surface area contributed by atoms with E-state index in [0.717, 1.165) is 13.0 Å². The fourth-order valence-corrected chi connectivity index (χ4v) is 1.84. The lowest BCUT2D eigenvalue weighted by Crippen LogP contribution is -2.29. The Morgan fingerprint density at radius 2 is 1.88 bits per heavy atom. The average molecular weight is 228 g/mol. The molecule has 1 amide bonds. The summed E-state index contributed by atoms with van der Waals surface area (Å²) < 4.78 is 0. The monoisotopic (exact) mass is 228 g/mol. The molecule has 0 heterocycles. The third-order valence-corrected chi connectivity index (χ3v) is 2.70. The topological polar surface area (TPSA) is 55.1 Å². The molecule has 0 aromatic heterocycles. The number of rotatable bonds is 5. The van der Waals surface area contributed by atoms with Crippen molar-refractivity contribution >= 4 is 16.7 Å². The molecule has 0 unspecified atom stereocenters. The van der Waals surface area contributed by atoms with Gasteiger partial charge in [-0.3, -0.25) is 4.79 Å². The molecular weight excluding hydrogens is 212 g/mol. The van der Waals surface area contributed by atoms with E-state index in [0.29, 0.717) is 0 Å². The number of hydrogen-bond acceptors (Lipinski definition) is 2. The van der Waals surface area contributed by atoms with Crippen LogP contribution in [-0.4, -0.2) is 19.0 Å². The number of primary amides is 1. The van der Waals surface area contributed by atoms with Crippen LogP contribution < -0.4 is 11.1 Å². The molecule has 3 nitrogen and oxygen atoms in total. The number of carbonyl (C=O) groups excluding carboxylic acids is 1. The molecule has 0 bridgehead atoms. The minimum absolute atomic E-state index is 0.244. The van der Waals surface area contributed by atoms with Gasteiger partial charge in [0.2, 0.25) is 5.91 Å². The van der Waals surface area contributed by atoms with Crippen molar-refractivity contribution in [2.75, 3.05) is 13.1 Å². The van der Waals surface area contributed by atoms with Gasteiger partial charge in [-0.25, -0.2) is 0 Å². The Morgan fingerprint density at radius 3 is 2.65 bits per heavy atom. The van der Waals surface area contributed by atoms with E-state index in [2.05, 4.69) is 35.6 Å². The van der Waals surface area contributed by atoms with Crippen LogP contribution in [-0.2, 0) is 11.2 Å². The van der Waals surface area contributed by atoms with Crippen LogP contribution in [0.4, 0.5) is 0 Å². The normalized spacial score (nSPS) is 10.6.